The summed E-state index contributed by atoms with van der Waals surface area (Å²) >= 11 is 3.44. The molecule has 18 heavy (non-hydrogen) atoms. The molecule has 0 amide bonds. The van der Waals surface area contributed by atoms with Crippen LogP contribution in [0.2, 0.25) is 0 Å². The van der Waals surface area contributed by atoms with E-state index in [1.54, 1.807) is 24.5 Å². The third-order valence-electron chi connectivity index (χ3n) is 2.79. The van der Waals surface area contributed by atoms with Gasteiger partial charge in [0.05, 0.1) is 5.92 Å². The zero-order valence-electron chi connectivity index (χ0n) is 9.58. The summed E-state index contributed by atoms with van der Waals surface area (Å²) in [5.74, 6) is -1.37. The molecule has 1 unspecified atom stereocenters. The Morgan fingerprint density at radius 1 is 1.22 bits per heavy atom. The number of pyridine rings is 1. The van der Waals surface area contributed by atoms with E-state index in [0.29, 0.717) is 6.42 Å². The third-order valence-corrected chi connectivity index (χ3v) is 3.56. The number of benzene rings is 1. The van der Waals surface area contributed by atoms with Gasteiger partial charge in [0.1, 0.15) is 0 Å². The first-order chi connectivity index (χ1) is 8.68. The fraction of sp³-hybridized carbons (Fsp3) is 0.143. The Hall–Kier alpha value is -1.68. The lowest BCUT2D eigenvalue weighted by atomic mass is 9.93. The lowest BCUT2D eigenvalue weighted by molar-refractivity contribution is -0.138. The molecule has 2 aromatic rings. The number of nitrogens with zero attached hydrogens (tertiary/aromatic N) is 1. The van der Waals surface area contributed by atoms with Gasteiger partial charge in [0.15, 0.2) is 0 Å². The first-order valence-electron chi connectivity index (χ1n) is 5.54. The molecule has 0 radical (unpaired) electrons. The maximum atomic E-state index is 11.4. The van der Waals surface area contributed by atoms with Gasteiger partial charge in [-0.1, -0.05) is 34.1 Å². The second-order valence-corrected chi connectivity index (χ2v) is 4.82. The van der Waals surface area contributed by atoms with Gasteiger partial charge in [-0.15, -0.1) is 0 Å². The summed E-state index contributed by atoms with van der Waals surface area (Å²) in [5.41, 5.74) is 1.76. The SMILES string of the molecule is O=C(O)C(Cc1ccccc1Br)c1ccncc1. The summed E-state index contributed by atoms with van der Waals surface area (Å²) in [7, 11) is 0. The van der Waals surface area contributed by atoms with Crippen molar-refractivity contribution in [1.29, 1.82) is 0 Å². The average Bonchev–Trinajstić information content (AvgIpc) is 2.38. The molecule has 0 aliphatic heterocycles. The van der Waals surface area contributed by atoms with E-state index in [-0.39, 0.29) is 0 Å². The molecule has 0 saturated carbocycles. The quantitative estimate of drug-likeness (QED) is 0.943. The first kappa shape index (κ1) is 12.8. The summed E-state index contributed by atoms with van der Waals surface area (Å²) in [6.07, 6.45) is 3.69. The fourth-order valence-electron chi connectivity index (χ4n) is 1.83. The van der Waals surface area contributed by atoms with E-state index in [9.17, 15) is 9.90 Å². The van der Waals surface area contributed by atoms with E-state index in [2.05, 4.69) is 20.9 Å². The summed E-state index contributed by atoms with van der Waals surface area (Å²) < 4.78 is 0.935. The van der Waals surface area contributed by atoms with E-state index in [4.69, 9.17) is 0 Å². The van der Waals surface area contributed by atoms with E-state index in [0.717, 1.165) is 15.6 Å². The molecule has 1 atom stereocenters. The van der Waals surface area contributed by atoms with Gasteiger partial charge in [0.2, 0.25) is 0 Å². The number of rotatable bonds is 4. The minimum Gasteiger partial charge on any atom is -0.481 e. The van der Waals surface area contributed by atoms with Crippen molar-refractivity contribution in [3.05, 3.63) is 64.4 Å². The number of aromatic nitrogens is 1. The molecule has 0 saturated heterocycles. The van der Waals surface area contributed by atoms with Gasteiger partial charge in [-0.3, -0.25) is 9.78 Å². The summed E-state index contributed by atoms with van der Waals surface area (Å²) in [4.78, 5) is 15.3. The van der Waals surface area contributed by atoms with Crippen molar-refractivity contribution >= 4 is 21.9 Å². The van der Waals surface area contributed by atoms with Gasteiger partial charge in [-0.25, -0.2) is 0 Å². The highest BCUT2D eigenvalue weighted by Crippen LogP contribution is 2.25. The molecule has 1 aromatic carbocycles. The Bertz CT molecular complexity index is 543. The predicted molar refractivity (Wildman–Crippen MR) is 72.5 cm³/mol. The molecule has 4 heteroatoms. The van der Waals surface area contributed by atoms with Crippen LogP contribution in [0, 0.1) is 0 Å². The van der Waals surface area contributed by atoms with E-state index in [1.165, 1.54) is 0 Å². The number of carbonyl (C=O) groups is 1. The van der Waals surface area contributed by atoms with E-state index >= 15 is 0 Å². The number of carboxylic acids is 1. The van der Waals surface area contributed by atoms with Crippen molar-refractivity contribution in [3.63, 3.8) is 0 Å². The van der Waals surface area contributed by atoms with Gasteiger partial charge in [-0.2, -0.15) is 0 Å². The molecule has 92 valence electrons. The van der Waals surface area contributed by atoms with Crippen molar-refractivity contribution in [2.24, 2.45) is 0 Å². The average molecular weight is 306 g/mol. The minimum atomic E-state index is -0.822. The van der Waals surface area contributed by atoms with Crippen molar-refractivity contribution in [1.82, 2.24) is 4.98 Å². The van der Waals surface area contributed by atoms with Crippen LogP contribution in [0.4, 0.5) is 0 Å². The zero-order chi connectivity index (χ0) is 13.0. The lowest BCUT2D eigenvalue weighted by Gasteiger charge is -2.13. The maximum Gasteiger partial charge on any atom is 0.311 e. The molecule has 3 nitrogen and oxygen atoms in total. The standard InChI is InChI=1S/C14H12BrNO2/c15-13-4-2-1-3-11(13)9-12(14(17)18)10-5-7-16-8-6-10/h1-8,12H,9H2,(H,17,18). The molecule has 0 bridgehead atoms. The Balaban J connectivity index is 2.28. The summed E-state index contributed by atoms with van der Waals surface area (Å²) in [6.45, 7) is 0. The van der Waals surface area contributed by atoms with Crippen molar-refractivity contribution in [3.8, 4) is 0 Å². The number of hydrogen-bond acceptors (Lipinski definition) is 2. The summed E-state index contributed by atoms with van der Waals surface area (Å²) in [5, 5.41) is 9.34. The fourth-order valence-corrected chi connectivity index (χ4v) is 2.27. The van der Waals surface area contributed by atoms with Crippen LogP contribution in [0.5, 0.6) is 0 Å². The second kappa shape index (κ2) is 5.78. The van der Waals surface area contributed by atoms with Crippen molar-refractivity contribution < 1.29 is 9.90 Å². The van der Waals surface area contributed by atoms with Crippen LogP contribution in [-0.4, -0.2) is 16.1 Å². The molecule has 1 N–H and O–H groups in total. The lowest BCUT2D eigenvalue weighted by Crippen LogP contribution is -2.14. The van der Waals surface area contributed by atoms with Gasteiger partial charge in [-0.05, 0) is 35.7 Å². The smallest absolute Gasteiger partial charge is 0.311 e. The molecular weight excluding hydrogens is 294 g/mol. The highest BCUT2D eigenvalue weighted by Gasteiger charge is 2.20. The number of carboxylic acid groups (broad SMARTS) is 1. The van der Waals surface area contributed by atoms with E-state index < -0.39 is 11.9 Å². The van der Waals surface area contributed by atoms with Crippen molar-refractivity contribution in [2.75, 3.05) is 0 Å². The molecule has 0 spiro atoms. The van der Waals surface area contributed by atoms with E-state index in [1.807, 2.05) is 24.3 Å². The Labute approximate surface area is 114 Å². The highest BCUT2D eigenvalue weighted by atomic mass is 79.9. The monoisotopic (exact) mass is 305 g/mol. The Morgan fingerprint density at radius 3 is 2.50 bits per heavy atom. The van der Waals surface area contributed by atoms with Crippen LogP contribution in [-0.2, 0) is 11.2 Å². The van der Waals surface area contributed by atoms with Crippen LogP contribution < -0.4 is 0 Å². The van der Waals surface area contributed by atoms with Crippen LogP contribution in [0.3, 0.4) is 0 Å². The van der Waals surface area contributed by atoms with Crippen LogP contribution in [0.1, 0.15) is 17.0 Å². The first-order valence-corrected chi connectivity index (χ1v) is 6.34. The molecule has 2 rings (SSSR count). The zero-order valence-corrected chi connectivity index (χ0v) is 11.2. The molecule has 0 aliphatic rings. The predicted octanol–water partition coefficient (Wildman–Crippen LogP) is 3.26. The molecule has 0 fully saturated rings. The van der Waals surface area contributed by atoms with Crippen LogP contribution in [0.25, 0.3) is 0 Å². The second-order valence-electron chi connectivity index (χ2n) is 3.97. The van der Waals surface area contributed by atoms with Crippen molar-refractivity contribution in [2.45, 2.75) is 12.3 Å². The normalized spacial score (nSPS) is 12.1. The molecule has 1 heterocycles. The highest BCUT2D eigenvalue weighted by molar-refractivity contribution is 9.10. The third kappa shape index (κ3) is 2.96. The van der Waals surface area contributed by atoms with Gasteiger partial charge in [0, 0.05) is 16.9 Å². The largest absolute Gasteiger partial charge is 0.481 e. The van der Waals surface area contributed by atoms with Gasteiger partial charge < -0.3 is 5.11 Å². The van der Waals surface area contributed by atoms with Crippen LogP contribution in [0.15, 0.2) is 53.3 Å². The number of halogens is 1. The Morgan fingerprint density at radius 2 is 1.89 bits per heavy atom. The maximum absolute atomic E-state index is 11.4. The minimum absolute atomic E-state index is 0.459. The molecule has 1 aromatic heterocycles. The van der Waals surface area contributed by atoms with Gasteiger partial charge in [0.25, 0.3) is 0 Å². The van der Waals surface area contributed by atoms with Gasteiger partial charge >= 0.3 is 5.97 Å². The molecule has 0 aliphatic carbocycles. The number of aliphatic carboxylic acids is 1. The molecular formula is C14H12BrNO2. The Kier molecular flexibility index (Phi) is 4.10. The summed E-state index contributed by atoms with van der Waals surface area (Å²) in [6, 6.07) is 11.2. The topological polar surface area (TPSA) is 50.2 Å². The van der Waals surface area contributed by atoms with Crippen LogP contribution >= 0.6 is 15.9 Å². The number of hydrogen-bond donors (Lipinski definition) is 1.